The van der Waals surface area contributed by atoms with E-state index in [0.29, 0.717) is 12.5 Å². The van der Waals surface area contributed by atoms with Crippen molar-refractivity contribution in [1.82, 2.24) is 10.3 Å². The molecule has 0 saturated heterocycles. The van der Waals surface area contributed by atoms with Crippen LogP contribution in [-0.2, 0) is 13.0 Å². The van der Waals surface area contributed by atoms with Gasteiger partial charge < -0.3 is 11.1 Å². The smallest absolute Gasteiger partial charge is 0.188 e. The summed E-state index contributed by atoms with van der Waals surface area (Å²) < 4.78 is 0. The lowest BCUT2D eigenvalue weighted by atomic mass is 10.2. The largest absolute Gasteiger partial charge is 0.370 e. The number of hydrogen-bond acceptors (Lipinski definition) is 4. The van der Waals surface area contributed by atoms with Crippen molar-refractivity contribution in [3.63, 3.8) is 0 Å². The van der Waals surface area contributed by atoms with Gasteiger partial charge in [0.1, 0.15) is 5.01 Å². The highest BCUT2D eigenvalue weighted by Crippen LogP contribution is 2.23. The molecule has 1 aromatic carbocycles. The molecule has 7 heteroatoms. The predicted molar refractivity (Wildman–Crippen MR) is 114 cm³/mol. The Bertz CT molecular complexity index is 754. The summed E-state index contributed by atoms with van der Waals surface area (Å²) in [6.07, 6.45) is 0.961. The van der Waals surface area contributed by atoms with Gasteiger partial charge in [0.25, 0.3) is 0 Å². The van der Waals surface area contributed by atoms with Crippen LogP contribution in [0.15, 0.2) is 58.2 Å². The van der Waals surface area contributed by atoms with Gasteiger partial charge >= 0.3 is 0 Å². The summed E-state index contributed by atoms with van der Waals surface area (Å²) in [6.45, 7) is 1.29. The number of aliphatic imine (C=N–C) groups is 1. The van der Waals surface area contributed by atoms with Gasteiger partial charge in [-0.3, -0.25) is 0 Å². The van der Waals surface area contributed by atoms with Crippen LogP contribution in [0.2, 0.25) is 0 Å². The minimum Gasteiger partial charge on any atom is -0.370 e. The van der Waals surface area contributed by atoms with Crippen LogP contribution in [0.4, 0.5) is 0 Å². The van der Waals surface area contributed by atoms with Crippen LogP contribution in [0, 0.1) is 0 Å². The average molecular weight is 470 g/mol. The van der Waals surface area contributed by atoms with E-state index < -0.39 is 0 Å². The first-order chi connectivity index (χ1) is 11.3. The quantitative estimate of drug-likeness (QED) is 0.324. The lowest BCUT2D eigenvalue weighted by Crippen LogP contribution is -2.33. The van der Waals surface area contributed by atoms with Gasteiger partial charge in [0.15, 0.2) is 5.96 Å². The summed E-state index contributed by atoms with van der Waals surface area (Å²) in [7, 11) is 0. The van der Waals surface area contributed by atoms with Crippen molar-refractivity contribution >= 4 is 52.6 Å². The first kappa shape index (κ1) is 18.9. The molecule has 2 aromatic heterocycles. The Morgan fingerprint density at radius 1 is 1.12 bits per heavy atom. The van der Waals surface area contributed by atoms with Crippen molar-refractivity contribution in [1.29, 1.82) is 0 Å². The highest BCUT2D eigenvalue weighted by molar-refractivity contribution is 14.0. The van der Waals surface area contributed by atoms with Crippen LogP contribution in [0.25, 0.3) is 10.6 Å². The lowest BCUT2D eigenvalue weighted by Gasteiger charge is -2.03. The van der Waals surface area contributed by atoms with E-state index in [1.807, 2.05) is 23.6 Å². The molecule has 0 aliphatic rings. The number of benzene rings is 1. The average Bonchev–Trinajstić information content (AvgIpc) is 3.25. The maximum Gasteiger partial charge on any atom is 0.188 e. The number of thiazole rings is 1. The van der Waals surface area contributed by atoms with Crippen molar-refractivity contribution in [2.75, 3.05) is 6.54 Å². The van der Waals surface area contributed by atoms with Crippen molar-refractivity contribution in [2.24, 2.45) is 10.7 Å². The SMILES string of the molecule is I.NC(=NCc1csc(-c2ccccc2)n1)NCCc1cccs1. The van der Waals surface area contributed by atoms with Gasteiger partial charge in [0.05, 0.1) is 12.2 Å². The van der Waals surface area contributed by atoms with Crippen LogP contribution in [-0.4, -0.2) is 17.5 Å². The molecule has 2 heterocycles. The maximum absolute atomic E-state index is 5.90. The number of hydrogen-bond donors (Lipinski definition) is 2. The van der Waals surface area contributed by atoms with Crippen LogP contribution in [0.1, 0.15) is 10.6 Å². The standard InChI is InChI=1S/C17H18N4S2.HI/c18-17(19-9-8-15-7-4-10-22-15)20-11-14-12-23-16(21-14)13-5-2-1-3-6-13;/h1-7,10,12H,8-9,11H2,(H3,18,19,20);1H. The molecule has 0 fully saturated rings. The third kappa shape index (κ3) is 5.57. The van der Waals surface area contributed by atoms with Crippen molar-refractivity contribution in [3.05, 3.63) is 63.8 Å². The Morgan fingerprint density at radius 2 is 1.96 bits per heavy atom. The van der Waals surface area contributed by atoms with Crippen LogP contribution >= 0.6 is 46.7 Å². The zero-order valence-corrected chi connectivity index (χ0v) is 17.0. The van der Waals surface area contributed by atoms with Gasteiger partial charge in [-0.15, -0.1) is 46.7 Å². The fraction of sp³-hybridized carbons (Fsp3) is 0.176. The van der Waals surface area contributed by atoms with Crippen molar-refractivity contribution in [2.45, 2.75) is 13.0 Å². The number of nitrogens with two attached hydrogens (primary N) is 1. The molecule has 0 bridgehead atoms. The second-order valence-electron chi connectivity index (χ2n) is 4.97. The highest BCUT2D eigenvalue weighted by atomic mass is 127. The number of nitrogens with one attached hydrogen (secondary N) is 1. The second kappa shape index (κ2) is 9.75. The van der Waals surface area contributed by atoms with Gasteiger partial charge in [-0.05, 0) is 17.9 Å². The molecule has 126 valence electrons. The Hall–Kier alpha value is -1.45. The van der Waals surface area contributed by atoms with Crippen LogP contribution < -0.4 is 11.1 Å². The fourth-order valence-electron chi connectivity index (χ4n) is 2.08. The maximum atomic E-state index is 5.90. The minimum atomic E-state index is 0. The van der Waals surface area contributed by atoms with E-state index in [1.165, 1.54) is 4.88 Å². The van der Waals surface area contributed by atoms with Gasteiger partial charge in [0, 0.05) is 22.4 Å². The summed E-state index contributed by atoms with van der Waals surface area (Å²) in [5, 5.41) is 8.27. The summed E-state index contributed by atoms with van der Waals surface area (Å²) in [5.41, 5.74) is 7.97. The van der Waals surface area contributed by atoms with Crippen molar-refractivity contribution < 1.29 is 0 Å². The lowest BCUT2D eigenvalue weighted by molar-refractivity contribution is 0.854. The first-order valence-corrected chi connectivity index (χ1v) is 9.13. The van der Waals surface area contributed by atoms with E-state index in [4.69, 9.17) is 5.73 Å². The molecule has 0 amide bonds. The number of halogens is 1. The molecular formula is C17H19IN4S2. The molecular weight excluding hydrogens is 451 g/mol. The third-order valence-corrected chi connectivity index (χ3v) is 5.12. The number of rotatable bonds is 6. The first-order valence-electron chi connectivity index (χ1n) is 7.37. The molecule has 4 nitrogen and oxygen atoms in total. The fourth-order valence-corrected chi connectivity index (χ4v) is 3.61. The molecule has 0 saturated carbocycles. The number of aromatic nitrogens is 1. The Morgan fingerprint density at radius 3 is 2.71 bits per heavy atom. The van der Waals surface area contributed by atoms with Gasteiger partial charge in [-0.1, -0.05) is 36.4 Å². The van der Waals surface area contributed by atoms with E-state index in [2.05, 4.69) is 44.9 Å². The highest BCUT2D eigenvalue weighted by Gasteiger charge is 2.04. The Balaban J connectivity index is 0.00000208. The van der Waals surface area contributed by atoms with Crippen LogP contribution in [0.3, 0.4) is 0 Å². The number of guanidine groups is 1. The zero-order chi connectivity index (χ0) is 15.9. The van der Waals surface area contributed by atoms with Crippen molar-refractivity contribution in [3.8, 4) is 10.6 Å². The Kier molecular flexibility index (Phi) is 7.67. The molecule has 0 aliphatic heterocycles. The zero-order valence-electron chi connectivity index (χ0n) is 13.0. The topological polar surface area (TPSA) is 63.3 Å². The normalized spacial score (nSPS) is 11.1. The molecule has 3 N–H and O–H groups in total. The molecule has 24 heavy (non-hydrogen) atoms. The molecule has 0 spiro atoms. The monoisotopic (exact) mass is 470 g/mol. The van der Waals surface area contributed by atoms with E-state index in [0.717, 1.165) is 29.2 Å². The number of thiophene rings is 1. The van der Waals surface area contributed by atoms with E-state index >= 15 is 0 Å². The Labute approximate surface area is 166 Å². The summed E-state index contributed by atoms with van der Waals surface area (Å²) in [5.74, 6) is 0.468. The number of nitrogens with zero attached hydrogens (tertiary/aromatic N) is 2. The van der Waals surface area contributed by atoms with Crippen LogP contribution in [0.5, 0.6) is 0 Å². The van der Waals surface area contributed by atoms with Gasteiger partial charge in [-0.2, -0.15) is 0 Å². The summed E-state index contributed by atoms with van der Waals surface area (Å²) in [4.78, 5) is 10.3. The van der Waals surface area contributed by atoms with Gasteiger partial charge in [0.2, 0.25) is 0 Å². The molecule has 0 aliphatic carbocycles. The third-order valence-electron chi connectivity index (χ3n) is 3.24. The molecule has 3 rings (SSSR count). The molecule has 0 radical (unpaired) electrons. The van der Waals surface area contributed by atoms with E-state index in [-0.39, 0.29) is 24.0 Å². The summed E-state index contributed by atoms with van der Waals surface area (Å²) in [6, 6.07) is 14.3. The molecule has 0 unspecified atom stereocenters. The van der Waals surface area contributed by atoms with E-state index in [1.54, 1.807) is 22.7 Å². The van der Waals surface area contributed by atoms with E-state index in [9.17, 15) is 0 Å². The van der Waals surface area contributed by atoms with Gasteiger partial charge in [-0.25, -0.2) is 9.98 Å². The molecule has 3 aromatic rings. The second-order valence-corrected chi connectivity index (χ2v) is 6.86. The minimum absolute atomic E-state index is 0. The molecule has 0 atom stereocenters. The predicted octanol–water partition coefficient (Wildman–Crippen LogP) is 4.14. The summed E-state index contributed by atoms with van der Waals surface area (Å²) >= 11 is 3.39.